The standard InChI is InChI=1S/C21H22FN.C11H10OS.2C2H6.CH5N/c22-21-13-12-19(18-9-7-17(15-23)8-10-18)14-20(21)11-6-16-4-2-1-3-5-16;1-7(2)11-10(12)8-5-3-4-6-9(8)13-11;3*1-2/h7-10,12-14,16H,1-6,11H2;3-6,12H,1H2,2H3;2*1-2H3;2H2,1H3. The summed E-state index contributed by atoms with van der Waals surface area (Å²) >= 11 is 1.58. The lowest BCUT2D eigenvalue weighted by Gasteiger charge is -2.21. The number of benzene rings is 3. The molecular weight excluding hydrogens is 539 g/mol. The van der Waals surface area contributed by atoms with Crippen molar-refractivity contribution in [2.75, 3.05) is 7.05 Å². The Labute approximate surface area is 257 Å². The topological polar surface area (TPSA) is 70.0 Å². The highest BCUT2D eigenvalue weighted by Crippen LogP contribution is 2.39. The van der Waals surface area contributed by atoms with Crippen LogP contribution in [0, 0.1) is 23.1 Å². The minimum atomic E-state index is -0.0989. The van der Waals surface area contributed by atoms with E-state index in [4.69, 9.17) is 5.26 Å². The molecule has 1 heterocycles. The van der Waals surface area contributed by atoms with Crippen LogP contribution in [0.15, 0.2) is 73.3 Å². The summed E-state index contributed by atoms with van der Waals surface area (Å²) < 4.78 is 15.2. The summed E-state index contributed by atoms with van der Waals surface area (Å²) in [6.45, 7) is 13.7. The SMILES string of the molecule is C=C(C)c1sc2ccccc2c1O.CC.CC.CN.N#Cc1ccc(-c2ccc(F)c(CCC3CCCCC3)c2)cc1. The van der Waals surface area contributed by atoms with Crippen LogP contribution >= 0.6 is 11.3 Å². The zero-order valence-corrected chi connectivity index (χ0v) is 27.2. The maximum Gasteiger partial charge on any atom is 0.141 e. The number of thiophene rings is 1. The molecule has 4 aromatic rings. The number of nitrogens with two attached hydrogens (primary N) is 1. The first-order valence-electron chi connectivity index (χ1n) is 15.2. The van der Waals surface area contributed by atoms with Crippen molar-refractivity contribution in [3.63, 3.8) is 0 Å². The molecule has 0 saturated heterocycles. The molecular formula is C37H49FN2OS. The van der Waals surface area contributed by atoms with E-state index in [2.05, 4.69) is 18.4 Å². The van der Waals surface area contributed by atoms with Gasteiger partial charge in [0.1, 0.15) is 11.6 Å². The second-order valence-electron chi connectivity index (χ2n) is 9.59. The molecule has 3 nitrogen and oxygen atoms in total. The predicted octanol–water partition coefficient (Wildman–Crippen LogP) is 11.1. The molecule has 1 saturated carbocycles. The van der Waals surface area contributed by atoms with Crippen LogP contribution in [0.1, 0.15) is 89.1 Å². The fourth-order valence-electron chi connectivity index (χ4n) is 4.84. The lowest BCUT2D eigenvalue weighted by atomic mass is 9.85. The third-order valence-electron chi connectivity index (χ3n) is 6.90. The number of rotatable bonds is 5. The van der Waals surface area contributed by atoms with Crippen molar-refractivity contribution in [1.29, 1.82) is 5.26 Å². The summed E-state index contributed by atoms with van der Waals surface area (Å²) in [5.74, 6) is 1.04. The van der Waals surface area contributed by atoms with E-state index in [9.17, 15) is 9.50 Å². The number of aromatic hydroxyl groups is 1. The zero-order valence-electron chi connectivity index (χ0n) is 26.3. The molecule has 0 spiro atoms. The summed E-state index contributed by atoms with van der Waals surface area (Å²) in [5, 5.41) is 19.6. The van der Waals surface area contributed by atoms with Gasteiger partial charge in [0.05, 0.1) is 16.5 Å². The number of allylic oxidation sites excluding steroid dienone is 1. The summed E-state index contributed by atoms with van der Waals surface area (Å²) in [4.78, 5) is 0.890. The highest BCUT2D eigenvalue weighted by molar-refractivity contribution is 7.20. The third kappa shape index (κ3) is 10.7. The second-order valence-corrected chi connectivity index (χ2v) is 10.6. The normalized spacial score (nSPS) is 12.1. The van der Waals surface area contributed by atoms with Crippen molar-refractivity contribution in [1.82, 2.24) is 0 Å². The molecule has 1 aliphatic carbocycles. The number of fused-ring (bicyclic) bond motifs is 1. The van der Waals surface area contributed by atoms with E-state index in [0.717, 1.165) is 56.0 Å². The van der Waals surface area contributed by atoms with Gasteiger partial charge in [0.15, 0.2) is 0 Å². The number of hydrogen-bond acceptors (Lipinski definition) is 4. The third-order valence-corrected chi connectivity index (χ3v) is 8.22. The van der Waals surface area contributed by atoms with Gasteiger partial charge in [-0.2, -0.15) is 5.26 Å². The van der Waals surface area contributed by atoms with Crippen LogP contribution in [0.2, 0.25) is 0 Å². The zero-order chi connectivity index (χ0) is 31.5. The van der Waals surface area contributed by atoms with E-state index in [0.29, 0.717) is 11.3 Å². The van der Waals surface area contributed by atoms with Gasteiger partial charge < -0.3 is 10.8 Å². The number of halogens is 1. The molecule has 42 heavy (non-hydrogen) atoms. The van der Waals surface area contributed by atoms with Gasteiger partial charge in [-0.1, -0.05) is 96.7 Å². The largest absolute Gasteiger partial charge is 0.506 e. The first-order valence-corrected chi connectivity index (χ1v) is 16.0. The van der Waals surface area contributed by atoms with Gasteiger partial charge in [-0.15, -0.1) is 11.3 Å². The molecule has 226 valence electrons. The van der Waals surface area contributed by atoms with Crippen molar-refractivity contribution >= 4 is 27.0 Å². The molecule has 5 rings (SSSR count). The number of nitriles is 1. The van der Waals surface area contributed by atoms with E-state index in [1.807, 2.05) is 83.1 Å². The van der Waals surface area contributed by atoms with Crippen LogP contribution in [-0.4, -0.2) is 12.2 Å². The number of aryl methyl sites for hydroxylation is 1. The van der Waals surface area contributed by atoms with Gasteiger partial charge in [0.25, 0.3) is 0 Å². The maximum atomic E-state index is 14.1. The average Bonchev–Trinajstić information content (AvgIpc) is 3.41. The smallest absolute Gasteiger partial charge is 0.141 e. The Kier molecular flexibility index (Phi) is 17.8. The Morgan fingerprint density at radius 3 is 2.12 bits per heavy atom. The van der Waals surface area contributed by atoms with E-state index >= 15 is 0 Å². The first kappa shape index (κ1) is 36.6. The maximum absolute atomic E-state index is 14.1. The van der Waals surface area contributed by atoms with Crippen molar-refractivity contribution in [2.24, 2.45) is 11.7 Å². The number of nitrogens with zero attached hydrogens (tertiary/aromatic N) is 1. The van der Waals surface area contributed by atoms with Crippen LogP contribution in [0.25, 0.3) is 26.8 Å². The van der Waals surface area contributed by atoms with E-state index in [-0.39, 0.29) is 5.82 Å². The molecule has 0 bridgehead atoms. The molecule has 1 aliphatic rings. The summed E-state index contributed by atoms with van der Waals surface area (Å²) in [6, 6.07) is 22.8. The Hall–Kier alpha value is -3.46. The molecule has 0 amide bonds. The summed E-state index contributed by atoms with van der Waals surface area (Å²) in [7, 11) is 1.50. The lowest BCUT2D eigenvalue weighted by molar-refractivity contribution is 0.338. The second kappa shape index (κ2) is 20.4. The molecule has 0 atom stereocenters. The van der Waals surface area contributed by atoms with Crippen molar-refractivity contribution in [2.45, 2.75) is 79.6 Å². The van der Waals surface area contributed by atoms with E-state index in [1.165, 1.54) is 39.2 Å². The minimum Gasteiger partial charge on any atom is -0.506 e. The van der Waals surface area contributed by atoms with Crippen LogP contribution in [0.4, 0.5) is 4.39 Å². The van der Waals surface area contributed by atoms with Gasteiger partial charge in [-0.25, -0.2) is 4.39 Å². The van der Waals surface area contributed by atoms with Crippen molar-refractivity contribution in [3.05, 3.63) is 95.1 Å². The van der Waals surface area contributed by atoms with Crippen LogP contribution in [0.5, 0.6) is 5.75 Å². The van der Waals surface area contributed by atoms with Crippen LogP contribution in [0.3, 0.4) is 0 Å². The Balaban J connectivity index is 0.000000393. The molecule has 3 aromatic carbocycles. The fraction of sp³-hybridized carbons (Fsp3) is 0.378. The Bertz CT molecular complexity index is 1380. The van der Waals surface area contributed by atoms with Gasteiger partial charge in [-0.3, -0.25) is 0 Å². The van der Waals surface area contributed by atoms with E-state index in [1.54, 1.807) is 29.5 Å². The van der Waals surface area contributed by atoms with E-state index < -0.39 is 0 Å². The first-order chi connectivity index (χ1) is 20.5. The van der Waals surface area contributed by atoms with Gasteiger partial charge in [-0.05, 0) is 91.4 Å². The fourth-order valence-corrected chi connectivity index (χ4v) is 5.86. The van der Waals surface area contributed by atoms with Crippen molar-refractivity contribution < 1.29 is 9.50 Å². The molecule has 1 aromatic heterocycles. The molecule has 0 radical (unpaired) electrons. The van der Waals surface area contributed by atoms with Crippen LogP contribution in [-0.2, 0) is 6.42 Å². The molecule has 0 unspecified atom stereocenters. The van der Waals surface area contributed by atoms with Gasteiger partial charge >= 0.3 is 0 Å². The Morgan fingerprint density at radius 1 is 0.952 bits per heavy atom. The quantitative estimate of drug-likeness (QED) is 0.244. The monoisotopic (exact) mass is 588 g/mol. The Morgan fingerprint density at radius 2 is 1.55 bits per heavy atom. The molecule has 3 N–H and O–H groups in total. The highest BCUT2D eigenvalue weighted by Gasteiger charge is 2.15. The van der Waals surface area contributed by atoms with Crippen molar-refractivity contribution in [3.8, 4) is 22.9 Å². The predicted molar refractivity (Wildman–Crippen MR) is 182 cm³/mol. The molecule has 0 aliphatic heterocycles. The van der Waals surface area contributed by atoms with Gasteiger partial charge in [0.2, 0.25) is 0 Å². The van der Waals surface area contributed by atoms with Crippen LogP contribution < -0.4 is 5.73 Å². The minimum absolute atomic E-state index is 0.0989. The highest BCUT2D eigenvalue weighted by atomic mass is 32.1. The molecule has 1 fully saturated rings. The molecule has 5 heteroatoms. The summed E-state index contributed by atoms with van der Waals surface area (Å²) in [6.07, 6.45) is 8.54. The average molecular weight is 589 g/mol. The lowest BCUT2D eigenvalue weighted by Crippen LogP contribution is -2.07. The number of hydrogen-bond donors (Lipinski definition) is 2. The summed E-state index contributed by atoms with van der Waals surface area (Å²) in [5.41, 5.74) is 8.93. The van der Waals surface area contributed by atoms with Gasteiger partial charge in [0, 0.05) is 10.1 Å².